The van der Waals surface area contributed by atoms with Gasteiger partial charge in [-0.2, -0.15) is 5.10 Å². The summed E-state index contributed by atoms with van der Waals surface area (Å²) in [4.78, 5) is 9.13. The van der Waals surface area contributed by atoms with E-state index in [4.69, 9.17) is 0 Å². The Morgan fingerprint density at radius 3 is 2.68 bits per heavy atom. The monoisotopic (exact) mass is 323 g/mol. The smallest absolute Gasteiger partial charge is 0.182 e. The summed E-state index contributed by atoms with van der Waals surface area (Å²) in [5, 5.41) is 7.68. The van der Waals surface area contributed by atoms with Crippen LogP contribution in [-0.2, 0) is 13.5 Å². The van der Waals surface area contributed by atoms with Crippen LogP contribution >= 0.6 is 15.9 Å². The summed E-state index contributed by atoms with van der Waals surface area (Å²) in [6.07, 6.45) is 3.80. The third-order valence-corrected chi connectivity index (χ3v) is 3.57. The molecule has 2 rings (SSSR count). The largest absolute Gasteiger partial charge is 0.369 e. The highest BCUT2D eigenvalue weighted by Crippen LogP contribution is 2.27. The normalized spacial score (nSPS) is 10.7. The summed E-state index contributed by atoms with van der Waals surface area (Å²) >= 11 is 3.57. The molecule has 0 spiro atoms. The lowest BCUT2D eigenvalue weighted by molar-refractivity contribution is 0.768. The van der Waals surface area contributed by atoms with E-state index in [1.807, 2.05) is 19.3 Å². The van der Waals surface area contributed by atoms with Crippen molar-refractivity contribution in [2.45, 2.75) is 26.7 Å². The molecule has 0 aromatic carbocycles. The number of aryl methyl sites for hydroxylation is 2. The Bertz CT molecular complexity index is 564. The number of nitrogens with zero attached hydrogens (tertiary/aromatic N) is 4. The summed E-state index contributed by atoms with van der Waals surface area (Å²) in [6.45, 7) is 5.10. The number of halogens is 1. The molecule has 0 fully saturated rings. The van der Waals surface area contributed by atoms with E-state index < -0.39 is 0 Å². The Hall–Kier alpha value is -1.43. The maximum absolute atomic E-state index is 4.57. The van der Waals surface area contributed by atoms with Crippen molar-refractivity contribution in [3.8, 4) is 11.5 Å². The van der Waals surface area contributed by atoms with Crippen molar-refractivity contribution in [1.82, 2.24) is 19.7 Å². The average molecular weight is 324 g/mol. The van der Waals surface area contributed by atoms with Gasteiger partial charge in [0, 0.05) is 19.8 Å². The number of aromatic nitrogens is 4. The van der Waals surface area contributed by atoms with Gasteiger partial charge < -0.3 is 5.32 Å². The molecule has 1 N–H and O–H groups in total. The number of rotatable bonds is 5. The van der Waals surface area contributed by atoms with Gasteiger partial charge in [-0.25, -0.2) is 9.97 Å². The SMILES string of the molecule is CCCNc1nc(-c2ccn(C)n2)nc(CC)c1Br. The predicted octanol–water partition coefficient (Wildman–Crippen LogP) is 3.02. The van der Waals surface area contributed by atoms with Gasteiger partial charge in [0.05, 0.1) is 10.2 Å². The molecule has 102 valence electrons. The van der Waals surface area contributed by atoms with Crippen LogP contribution in [0.15, 0.2) is 16.7 Å². The Labute approximate surface area is 121 Å². The van der Waals surface area contributed by atoms with Crippen molar-refractivity contribution in [3.63, 3.8) is 0 Å². The van der Waals surface area contributed by atoms with Gasteiger partial charge >= 0.3 is 0 Å². The minimum atomic E-state index is 0.666. The standard InChI is InChI=1S/C13H18BrN5/c1-4-7-15-13-11(14)9(5-2)16-12(17-13)10-6-8-19(3)18-10/h6,8H,4-5,7H2,1-3H3,(H,15,16,17). The van der Waals surface area contributed by atoms with Gasteiger partial charge in [0.1, 0.15) is 11.5 Å². The van der Waals surface area contributed by atoms with Crippen LogP contribution in [0.5, 0.6) is 0 Å². The molecule has 0 amide bonds. The minimum absolute atomic E-state index is 0.666. The minimum Gasteiger partial charge on any atom is -0.369 e. The van der Waals surface area contributed by atoms with E-state index in [1.54, 1.807) is 4.68 Å². The van der Waals surface area contributed by atoms with Crippen LogP contribution in [0.1, 0.15) is 26.0 Å². The fraction of sp³-hybridized carbons (Fsp3) is 0.462. The molecule has 0 aliphatic rings. The van der Waals surface area contributed by atoms with Gasteiger partial charge in [-0.3, -0.25) is 4.68 Å². The molecule has 0 unspecified atom stereocenters. The first-order chi connectivity index (χ1) is 9.15. The second-order valence-corrected chi connectivity index (χ2v) is 5.10. The molecule has 5 nitrogen and oxygen atoms in total. The molecule has 0 bridgehead atoms. The molecule has 0 aliphatic carbocycles. The van der Waals surface area contributed by atoms with Crippen LogP contribution in [0.25, 0.3) is 11.5 Å². The van der Waals surface area contributed by atoms with E-state index in [2.05, 4.69) is 50.2 Å². The van der Waals surface area contributed by atoms with E-state index in [-0.39, 0.29) is 0 Å². The molecule has 0 aliphatic heterocycles. The summed E-state index contributed by atoms with van der Waals surface area (Å²) in [5.41, 5.74) is 1.79. The molecule has 19 heavy (non-hydrogen) atoms. The maximum atomic E-state index is 4.57. The van der Waals surface area contributed by atoms with Crippen LogP contribution in [0, 0.1) is 0 Å². The molecule has 0 saturated heterocycles. The Kier molecular flexibility index (Phi) is 4.52. The molecule has 2 heterocycles. The van der Waals surface area contributed by atoms with Crippen LogP contribution < -0.4 is 5.32 Å². The summed E-state index contributed by atoms with van der Waals surface area (Å²) in [5.74, 6) is 1.51. The molecular weight excluding hydrogens is 306 g/mol. The van der Waals surface area contributed by atoms with E-state index in [9.17, 15) is 0 Å². The quantitative estimate of drug-likeness (QED) is 0.918. The van der Waals surface area contributed by atoms with Gasteiger partial charge in [0.25, 0.3) is 0 Å². The van der Waals surface area contributed by atoms with Crippen molar-refractivity contribution < 1.29 is 0 Å². The maximum Gasteiger partial charge on any atom is 0.182 e. The van der Waals surface area contributed by atoms with Crippen molar-refractivity contribution in [1.29, 1.82) is 0 Å². The number of anilines is 1. The first-order valence-corrected chi connectivity index (χ1v) is 7.25. The van der Waals surface area contributed by atoms with Crippen LogP contribution in [0.4, 0.5) is 5.82 Å². The molecule has 0 atom stereocenters. The fourth-order valence-electron chi connectivity index (χ4n) is 1.74. The lowest BCUT2D eigenvalue weighted by atomic mass is 10.3. The lowest BCUT2D eigenvalue weighted by Crippen LogP contribution is -2.07. The van der Waals surface area contributed by atoms with Crippen molar-refractivity contribution in [2.75, 3.05) is 11.9 Å². The highest BCUT2D eigenvalue weighted by Gasteiger charge is 2.13. The summed E-state index contributed by atoms with van der Waals surface area (Å²) in [6, 6.07) is 1.92. The zero-order chi connectivity index (χ0) is 13.8. The third kappa shape index (κ3) is 3.12. The first kappa shape index (κ1) is 14.0. The Balaban J connectivity index is 2.44. The van der Waals surface area contributed by atoms with Gasteiger partial charge in [-0.05, 0) is 34.8 Å². The summed E-state index contributed by atoms with van der Waals surface area (Å²) < 4.78 is 2.70. The van der Waals surface area contributed by atoms with Gasteiger partial charge in [-0.1, -0.05) is 13.8 Å². The molecule has 2 aromatic heterocycles. The van der Waals surface area contributed by atoms with Crippen molar-refractivity contribution in [3.05, 3.63) is 22.4 Å². The van der Waals surface area contributed by atoms with Crippen LogP contribution in [0.2, 0.25) is 0 Å². The zero-order valence-electron chi connectivity index (χ0n) is 11.4. The number of nitrogens with one attached hydrogen (secondary N) is 1. The molecular formula is C13H18BrN5. The van der Waals surface area contributed by atoms with E-state index in [1.165, 1.54) is 0 Å². The Morgan fingerprint density at radius 2 is 2.11 bits per heavy atom. The topological polar surface area (TPSA) is 55.6 Å². The fourth-order valence-corrected chi connectivity index (χ4v) is 2.34. The number of hydrogen-bond acceptors (Lipinski definition) is 4. The van der Waals surface area contributed by atoms with E-state index in [0.717, 1.165) is 41.1 Å². The zero-order valence-corrected chi connectivity index (χ0v) is 13.0. The highest BCUT2D eigenvalue weighted by molar-refractivity contribution is 9.10. The second-order valence-electron chi connectivity index (χ2n) is 4.31. The van der Waals surface area contributed by atoms with Crippen molar-refractivity contribution >= 4 is 21.7 Å². The molecule has 0 saturated carbocycles. The van der Waals surface area contributed by atoms with Crippen LogP contribution in [-0.4, -0.2) is 26.3 Å². The molecule has 0 radical (unpaired) electrons. The first-order valence-electron chi connectivity index (χ1n) is 6.46. The van der Waals surface area contributed by atoms with Gasteiger partial charge in [0.15, 0.2) is 5.82 Å². The van der Waals surface area contributed by atoms with Gasteiger partial charge in [-0.15, -0.1) is 0 Å². The number of hydrogen-bond donors (Lipinski definition) is 1. The van der Waals surface area contributed by atoms with Crippen LogP contribution in [0.3, 0.4) is 0 Å². The van der Waals surface area contributed by atoms with E-state index in [0.29, 0.717) is 5.82 Å². The highest BCUT2D eigenvalue weighted by atomic mass is 79.9. The lowest BCUT2D eigenvalue weighted by Gasteiger charge is -2.10. The molecule has 6 heteroatoms. The summed E-state index contributed by atoms with van der Waals surface area (Å²) in [7, 11) is 1.89. The van der Waals surface area contributed by atoms with Crippen molar-refractivity contribution in [2.24, 2.45) is 7.05 Å². The van der Waals surface area contributed by atoms with Gasteiger partial charge in [0.2, 0.25) is 0 Å². The average Bonchev–Trinajstić information content (AvgIpc) is 2.84. The Morgan fingerprint density at radius 1 is 1.32 bits per heavy atom. The predicted molar refractivity (Wildman–Crippen MR) is 80.1 cm³/mol. The van der Waals surface area contributed by atoms with E-state index >= 15 is 0 Å². The third-order valence-electron chi connectivity index (χ3n) is 2.74. The molecule has 2 aromatic rings. The second kappa shape index (κ2) is 6.14.